The van der Waals surface area contributed by atoms with E-state index in [0.717, 1.165) is 29.1 Å². The van der Waals surface area contributed by atoms with Crippen LogP contribution in [0.4, 0.5) is 0 Å². The zero-order chi connectivity index (χ0) is 9.97. The maximum absolute atomic E-state index is 5.45. The summed E-state index contributed by atoms with van der Waals surface area (Å²) in [6, 6.07) is 1.99. The molecule has 0 spiro atoms. The second kappa shape index (κ2) is 3.63. The monoisotopic (exact) mass is 191 g/mol. The summed E-state index contributed by atoms with van der Waals surface area (Å²) in [5, 5.41) is 14.0. The fourth-order valence-corrected chi connectivity index (χ4v) is 1.38. The SMILES string of the molecule is Cc1cn[nH]c1-c1cc(CCN)[nH]n1. The van der Waals surface area contributed by atoms with Crippen LogP contribution >= 0.6 is 0 Å². The molecule has 2 heterocycles. The molecule has 0 saturated heterocycles. The third-order valence-corrected chi connectivity index (χ3v) is 2.13. The van der Waals surface area contributed by atoms with Gasteiger partial charge in [-0.1, -0.05) is 0 Å². The number of nitrogens with two attached hydrogens (primary N) is 1. The molecule has 0 radical (unpaired) electrons. The molecule has 0 atom stereocenters. The van der Waals surface area contributed by atoms with Crippen LogP contribution in [0.25, 0.3) is 11.4 Å². The fraction of sp³-hybridized carbons (Fsp3) is 0.333. The van der Waals surface area contributed by atoms with Crippen molar-refractivity contribution in [1.29, 1.82) is 0 Å². The molecule has 0 aliphatic heterocycles. The van der Waals surface area contributed by atoms with Gasteiger partial charge in [0.05, 0.1) is 11.9 Å². The Hall–Kier alpha value is -1.62. The Morgan fingerprint density at radius 3 is 2.93 bits per heavy atom. The summed E-state index contributed by atoms with van der Waals surface area (Å²) in [5.74, 6) is 0. The summed E-state index contributed by atoms with van der Waals surface area (Å²) in [6.07, 6.45) is 2.60. The number of nitrogens with zero attached hydrogens (tertiary/aromatic N) is 2. The first-order valence-electron chi connectivity index (χ1n) is 4.56. The number of hydrogen-bond donors (Lipinski definition) is 3. The van der Waals surface area contributed by atoms with Crippen LogP contribution in [0.15, 0.2) is 12.3 Å². The first-order chi connectivity index (χ1) is 6.81. The predicted octanol–water partition coefficient (Wildman–Crippen LogP) is 0.609. The number of hydrogen-bond acceptors (Lipinski definition) is 3. The van der Waals surface area contributed by atoms with Crippen molar-refractivity contribution in [2.45, 2.75) is 13.3 Å². The first-order valence-corrected chi connectivity index (χ1v) is 4.56. The second-order valence-electron chi connectivity index (χ2n) is 3.25. The summed E-state index contributed by atoms with van der Waals surface area (Å²) in [5.41, 5.74) is 9.45. The summed E-state index contributed by atoms with van der Waals surface area (Å²) in [4.78, 5) is 0. The van der Waals surface area contributed by atoms with Crippen molar-refractivity contribution in [3.63, 3.8) is 0 Å². The quantitative estimate of drug-likeness (QED) is 0.664. The average molecular weight is 191 g/mol. The maximum atomic E-state index is 5.45. The van der Waals surface area contributed by atoms with Gasteiger partial charge < -0.3 is 5.73 Å². The molecule has 2 rings (SSSR count). The summed E-state index contributed by atoms with van der Waals surface area (Å²) in [7, 11) is 0. The molecule has 2 aromatic heterocycles. The van der Waals surface area contributed by atoms with Gasteiger partial charge in [0.25, 0.3) is 0 Å². The first kappa shape index (κ1) is 8.96. The van der Waals surface area contributed by atoms with E-state index in [1.54, 1.807) is 6.20 Å². The predicted molar refractivity (Wildman–Crippen MR) is 53.7 cm³/mol. The third-order valence-electron chi connectivity index (χ3n) is 2.13. The highest BCUT2D eigenvalue weighted by molar-refractivity contribution is 5.57. The Kier molecular flexibility index (Phi) is 2.32. The van der Waals surface area contributed by atoms with Crippen LogP contribution in [0.3, 0.4) is 0 Å². The lowest BCUT2D eigenvalue weighted by Gasteiger charge is -1.90. The standard InChI is InChI=1S/C9H13N5/c1-6-5-11-14-9(6)8-4-7(2-3-10)12-13-8/h4-5H,2-3,10H2,1H3,(H,11,14)(H,12,13). The lowest BCUT2D eigenvalue weighted by Crippen LogP contribution is -2.02. The van der Waals surface area contributed by atoms with Crippen molar-refractivity contribution < 1.29 is 0 Å². The van der Waals surface area contributed by atoms with Crippen molar-refractivity contribution in [3.8, 4) is 11.4 Å². The molecule has 0 saturated carbocycles. The van der Waals surface area contributed by atoms with Crippen LogP contribution in [-0.4, -0.2) is 26.9 Å². The van der Waals surface area contributed by atoms with E-state index in [1.807, 2.05) is 13.0 Å². The zero-order valence-electron chi connectivity index (χ0n) is 8.04. The van der Waals surface area contributed by atoms with Gasteiger partial charge in [-0.15, -0.1) is 0 Å². The largest absolute Gasteiger partial charge is 0.330 e. The molecule has 0 aliphatic rings. The number of aryl methyl sites for hydroxylation is 1. The van der Waals surface area contributed by atoms with Crippen molar-refractivity contribution in [2.75, 3.05) is 6.54 Å². The van der Waals surface area contributed by atoms with Crippen molar-refractivity contribution in [2.24, 2.45) is 5.73 Å². The molecule has 0 aliphatic carbocycles. The van der Waals surface area contributed by atoms with E-state index < -0.39 is 0 Å². The third kappa shape index (κ3) is 1.54. The van der Waals surface area contributed by atoms with Gasteiger partial charge in [-0.25, -0.2) is 0 Å². The molecule has 0 fully saturated rings. The molecule has 5 heteroatoms. The van der Waals surface area contributed by atoms with Crippen LogP contribution < -0.4 is 5.73 Å². The van der Waals surface area contributed by atoms with E-state index in [2.05, 4.69) is 20.4 Å². The Morgan fingerprint density at radius 1 is 1.43 bits per heavy atom. The summed E-state index contributed by atoms with van der Waals surface area (Å²) < 4.78 is 0. The highest BCUT2D eigenvalue weighted by atomic mass is 15.2. The van der Waals surface area contributed by atoms with Crippen molar-refractivity contribution >= 4 is 0 Å². The topological polar surface area (TPSA) is 83.4 Å². The minimum atomic E-state index is 0.629. The molecular formula is C9H13N5. The van der Waals surface area contributed by atoms with Gasteiger partial charge in [-0.3, -0.25) is 10.2 Å². The summed E-state index contributed by atoms with van der Waals surface area (Å²) >= 11 is 0. The maximum Gasteiger partial charge on any atom is 0.110 e. The molecule has 2 aromatic rings. The van der Waals surface area contributed by atoms with Crippen molar-refractivity contribution in [3.05, 3.63) is 23.5 Å². The Bertz CT molecular complexity index is 414. The average Bonchev–Trinajstić information content (AvgIpc) is 2.74. The highest BCUT2D eigenvalue weighted by Gasteiger charge is 2.07. The smallest absolute Gasteiger partial charge is 0.110 e. The van der Waals surface area contributed by atoms with Crippen LogP contribution in [0, 0.1) is 6.92 Å². The Balaban J connectivity index is 2.29. The van der Waals surface area contributed by atoms with Gasteiger partial charge in [0.1, 0.15) is 5.69 Å². The van der Waals surface area contributed by atoms with Gasteiger partial charge in [0, 0.05) is 12.1 Å². The lowest BCUT2D eigenvalue weighted by molar-refractivity contribution is 0.901. The Morgan fingerprint density at radius 2 is 2.29 bits per heavy atom. The number of aromatic nitrogens is 4. The van der Waals surface area contributed by atoms with E-state index in [1.165, 1.54) is 0 Å². The number of rotatable bonds is 3. The number of aromatic amines is 2. The van der Waals surface area contributed by atoms with Crippen LogP contribution in [0.5, 0.6) is 0 Å². The fourth-order valence-electron chi connectivity index (χ4n) is 1.38. The van der Waals surface area contributed by atoms with Crippen LogP contribution in [-0.2, 0) is 6.42 Å². The molecule has 0 unspecified atom stereocenters. The molecule has 0 aromatic carbocycles. The van der Waals surface area contributed by atoms with E-state index in [0.29, 0.717) is 6.54 Å². The molecule has 4 N–H and O–H groups in total. The Labute approximate surface area is 81.7 Å². The van der Waals surface area contributed by atoms with Crippen LogP contribution in [0.1, 0.15) is 11.3 Å². The molecular weight excluding hydrogens is 178 g/mol. The van der Waals surface area contributed by atoms with Gasteiger partial charge in [0.2, 0.25) is 0 Å². The molecule has 0 amide bonds. The van der Waals surface area contributed by atoms with Gasteiger partial charge in [0.15, 0.2) is 0 Å². The molecule has 74 valence electrons. The zero-order valence-corrected chi connectivity index (χ0v) is 8.04. The minimum Gasteiger partial charge on any atom is -0.330 e. The summed E-state index contributed by atoms with van der Waals surface area (Å²) in [6.45, 7) is 2.62. The minimum absolute atomic E-state index is 0.629. The van der Waals surface area contributed by atoms with E-state index >= 15 is 0 Å². The van der Waals surface area contributed by atoms with Crippen LogP contribution in [0.2, 0.25) is 0 Å². The number of nitrogens with one attached hydrogen (secondary N) is 2. The molecule has 0 bridgehead atoms. The molecule has 14 heavy (non-hydrogen) atoms. The lowest BCUT2D eigenvalue weighted by atomic mass is 10.2. The van der Waals surface area contributed by atoms with E-state index in [9.17, 15) is 0 Å². The van der Waals surface area contributed by atoms with E-state index in [4.69, 9.17) is 5.73 Å². The van der Waals surface area contributed by atoms with Crippen molar-refractivity contribution in [1.82, 2.24) is 20.4 Å². The molecule has 5 nitrogen and oxygen atoms in total. The number of H-pyrrole nitrogens is 2. The van der Waals surface area contributed by atoms with E-state index in [-0.39, 0.29) is 0 Å². The van der Waals surface area contributed by atoms with Gasteiger partial charge in [-0.2, -0.15) is 10.2 Å². The normalized spacial score (nSPS) is 10.7. The van der Waals surface area contributed by atoms with Gasteiger partial charge >= 0.3 is 0 Å². The van der Waals surface area contributed by atoms with Gasteiger partial charge in [-0.05, 0) is 25.1 Å². The second-order valence-corrected chi connectivity index (χ2v) is 3.25. The highest BCUT2D eigenvalue weighted by Crippen LogP contribution is 2.18.